The second kappa shape index (κ2) is 9.30. The standard InChI is InChI=1S/C24H26F4N2O3S/c25-23(34(32,33)20-8-4-7-18(14-20)24(26,27)28)11-9-19(10-12-23)30-22(31)21-13-17(15-29-21)16-5-2-1-3-6-16/h1-8,14,17,19,21,29H,9-13,15H2,(H,30,31)/t17-,19?,21+,23?/m1/s1. The molecule has 184 valence electrons. The summed E-state index contributed by atoms with van der Waals surface area (Å²) in [5.74, 6) is -0.00470. The van der Waals surface area contributed by atoms with Gasteiger partial charge in [0, 0.05) is 12.6 Å². The molecule has 2 atom stereocenters. The van der Waals surface area contributed by atoms with E-state index in [1.807, 2.05) is 30.3 Å². The lowest BCUT2D eigenvalue weighted by Gasteiger charge is -2.34. The molecule has 0 radical (unpaired) electrons. The molecule has 0 spiro atoms. The molecule has 1 saturated carbocycles. The lowest BCUT2D eigenvalue weighted by atomic mass is 9.92. The summed E-state index contributed by atoms with van der Waals surface area (Å²) in [7, 11) is -4.64. The first-order valence-electron chi connectivity index (χ1n) is 11.2. The van der Waals surface area contributed by atoms with Crippen LogP contribution in [0, 0.1) is 0 Å². The van der Waals surface area contributed by atoms with Gasteiger partial charge in [-0.3, -0.25) is 4.79 Å². The van der Waals surface area contributed by atoms with Crippen LogP contribution in [0.25, 0.3) is 0 Å². The summed E-state index contributed by atoms with van der Waals surface area (Å²) in [6.07, 6.45) is -4.75. The number of rotatable bonds is 5. The first-order chi connectivity index (χ1) is 16.0. The smallest absolute Gasteiger partial charge is 0.352 e. The highest BCUT2D eigenvalue weighted by molar-refractivity contribution is 7.92. The van der Waals surface area contributed by atoms with E-state index in [-0.39, 0.29) is 24.7 Å². The zero-order valence-corrected chi connectivity index (χ0v) is 19.1. The van der Waals surface area contributed by atoms with Gasteiger partial charge in [0.25, 0.3) is 0 Å². The summed E-state index contributed by atoms with van der Waals surface area (Å²) in [5, 5.41) is 3.40. The van der Waals surface area contributed by atoms with E-state index in [2.05, 4.69) is 10.6 Å². The summed E-state index contributed by atoms with van der Waals surface area (Å²) in [6, 6.07) is 12.2. The monoisotopic (exact) mass is 498 g/mol. The molecule has 1 aliphatic carbocycles. The quantitative estimate of drug-likeness (QED) is 0.602. The number of carbonyl (C=O) groups excluding carboxylic acids is 1. The summed E-state index contributed by atoms with van der Waals surface area (Å²) < 4.78 is 80.2. The van der Waals surface area contributed by atoms with Crippen molar-refractivity contribution in [3.8, 4) is 0 Å². The van der Waals surface area contributed by atoms with Crippen molar-refractivity contribution >= 4 is 15.7 Å². The van der Waals surface area contributed by atoms with Gasteiger partial charge in [-0.25, -0.2) is 12.8 Å². The molecule has 4 rings (SSSR count). The normalized spacial score (nSPS) is 27.9. The van der Waals surface area contributed by atoms with Crippen LogP contribution >= 0.6 is 0 Å². The molecule has 1 saturated heterocycles. The van der Waals surface area contributed by atoms with Crippen molar-refractivity contribution in [1.82, 2.24) is 10.6 Å². The minimum atomic E-state index is -4.73. The van der Waals surface area contributed by atoms with Crippen molar-refractivity contribution in [2.24, 2.45) is 0 Å². The molecule has 0 unspecified atom stereocenters. The maximum Gasteiger partial charge on any atom is 0.416 e. The molecule has 2 N–H and O–H groups in total. The van der Waals surface area contributed by atoms with E-state index in [9.17, 15) is 26.4 Å². The second-order valence-corrected chi connectivity index (χ2v) is 11.2. The Morgan fingerprint density at radius 2 is 1.71 bits per heavy atom. The topological polar surface area (TPSA) is 75.3 Å². The Kier molecular flexibility index (Phi) is 6.74. The number of hydrogen-bond acceptors (Lipinski definition) is 4. The molecular formula is C24H26F4N2O3S. The average molecular weight is 499 g/mol. The van der Waals surface area contributed by atoms with Crippen LogP contribution in [-0.4, -0.2) is 38.0 Å². The molecule has 1 aliphatic heterocycles. The van der Waals surface area contributed by atoms with Crippen LogP contribution in [0.15, 0.2) is 59.5 Å². The Labute approximate surface area is 195 Å². The van der Waals surface area contributed by atoms with Gasteiger partial charge in [0.1, 0.15) is 0 Å². The predicted octanol–water partition coefficient (Wildman–Crippen LogP) is 4.35. The summed E-state index contributed by atoms with van der Waals surface area (Å²) in [5.41, 5.74) is 0.000901. The fourth-order valence-corrected chi connectivity index (χ4v) is 6.46. The second-order valence-electron chi connectivity index (χ2n) is 9.00. The van der Waals surface area contributed by atoms with Crippen LogP contribution in [-0.2, 0) is 20.8 Å². The third-order valence-electron chi connectivity index (χ3n) is 6.75. The highest BCUT2D eigenvalue weighted by Crippen LogP contribution is 2.41. The number of sulfone groups is 1. The molecule has 10 heteroatoms. The van der Waals surface area contributed by atoms with Crippen molar-refractivity contribution in [3.05, 3.63) is 65.7 Å². The van der Waals surface area contributed by atoms with Crippen molar-refractivity contribution in [3.63, 3.8) is 0 Å². The van der Waals surface area contributed by atoms with Crippen molar-refractivity contribution in [1.29, 1.82) is 0 Å². The summed E-state index contributed by atoms with van der Waals surface area (Å²) in [6.45, 7) is 0.662. The van der Waals surface area contributed by atoms with Gasteiger partial charge in [-0.05, 0) is 61.8 Å². The molecule has 1 amide bonds. The van der Waals surface area contributed by atoms with Gasteiger partial charge in [0.15, 0.2) is 0 Å². The maximum absolute atomic E-state index is 15.5. The van der Waals surface area contributed by atoms with E-state index in [1.165, 1.54) is 0 Å². The number of amides is 1. The van der Waals surface area contributed by atoms with E-state index in [1.54, 1.807) is 0 Å². The van der Waals surface area contributed by atoms with Gasteiger partial charge in [0.2, 0.25) is 20.7 Å². The number of benzene rings is 2. The van der Waals surface area contributed by atoms with Crippen molar-refractivity contribution in [2.75, 3.05) is 6.54 Å². The van der Waals surface area contributed by atoms with Gasteiger partial charge in [0.05, 0.1) is 16.5 Å². The van der Waals surface area contributed by atoms with Crippen molar-refractivity contribution < 1.29 is 30.8 Å². The van der Waals surface area contributed by atoms with Crippen LogP contribution < -0.4 is 10.6 Å². The number of hydrogen-bond donors (Lipinski definition) is 2. The minimum absolute atomic E-state index is 0.0786. The maximum atomic E-state index is 15.5. The first kappa shape index (κ1) is 24.7. The number of carbonyl (C=O) groups is 1. The van der Waals surface area contributed by atoms with Crippen LogP contribution in [0.1, 0.15) is 49.1 Å². The number of halogens is 4. The molecule has 2 aromatic carbocycles. The van der Waals surface area contributed by atoms with Gasteiger partial charge in [-0.15, -0.1) is 0 Å². The van der Waals surface area contributed by atoms with Crippen LogP contribution in [0.5, 0.6) is 0 Å². The molecule has 34 heavy (non-hydrogen) atoms. The molecular weight excluding hydrogens is 472 g/mol. The molecule has 2 fully saturated rings. The third kappa shape index (κ3) is 4.98. The fraction of sp³-hybridized carbons (Fsp3) is 0.458. The Balaban J connectivity index is 1.36. The molecule has 5 nitrogen and oxygen atoms in total. The van der Waals surface area contributed by atoms with E-state index >= 15 is 4.39 Å². The SMILES string of the molecule is O=C(NC1CCC(F)(S(=O)(=O)c2cccc(C(F)(F)F)c2)CC1)[C@@H]1C[C@@H](c2ccccc2)CN1. The minimum Gasteiger partial charge on any atom is -0.352 e. The van der Waals surface area contributed by atoms with E-state index in [4.69, 9.17) is 0 Å². The molecule has 2 aliphatic rings. The molecule has 1 heterocycles. The van der Waals surface area contributed by atoms with Crippen LogP contribution in [0.2, 0.25) is 0 Å². The Hall–Kier alpha value is -2.46. The zero-order chi connectivity index (χ0) is 24.6. The largest absolute Gasteiger partial charge is 0.416 e. The van der Waals surface area contributed by atoms with Crippen LogP contribution in [0.3, 0.4) is 0 Å². The molecule has 0 bridgehead atoms. The summed E-state index contributed by atoms with van der Waals surface area (Å²) >= 11 is 0. The predicted molar refractivity (Wildman–Crippen MR) is 118 cm³/mol. The third-order valence-corrected chi connectivity index (χ3v) is 9.00. The van der Waals surface area contributed by atoms with Gasteiger partial charge < -0.3 is 10.6 Å². The molecule has 2 aromatic rings. The lowest BCUT2D eigenvalue weighted by Crippen LogP contribution is -2.49. The average Bonchev–Trinajstić information content (AvgIpc) is 3.31. The first-order valence-corrected chi connectivity index (χ1v) is 12.7. The Bertz CT molecular complexity index is 1130. The van der Waals surface area contributed by atoms with Gasteiger partial charge in [-0.1, -0.05) is 36.4 Å². The zero-order valence-electron chi connectivity index (χ0n) is 18.3. The highest BCUT2D eigenvalue weighted by Gasteiger charge is 2.48. The Morgan fingerprint density at radius 1 is 1.03 bits per heavy atom. The number of alkyl halides is 4. The summed E-state index contributed by atoms with van der Waals surface area (Å²) in [4.78, 5) is 12.0. The lowest BCUT2D eigenvalue weighted by molar-refractivity contribution is -0.137. The van der Waals surface area contributed by atoms with Crippen molar-refractivity contribution in [2.45, 2.75) is 66.2 Å². The highest BCUT2D eigenvalue weighted by atomic mass is 32.2. The fourth-order valence-electron chi connectivity index (χ4n) is 4.73. The molecule has 0 aromatic heterocycles. The van der Waals surface area contributed by atoms with E-state index in [0.717, 1.165) is 23.8 Å². The number of nitrogens with one attached hydrogen (secondary N) is 2. The van der Waals surface area contributed by atoms with E-state index in [0.29, 0.717) is 19.0 Å². The van der Waals surface area contributed by atoms with Gasteiger partial charge in [-0.2, -0.15) is 13.2 Å². The van der Waals surface area contributed by atoms with E-state index < -0.39 is 56.4 Å². The van der Waals surface area contributed by atoms with Crippen LogP contribution in [0.4, 0.5) is 17.6 Å². The Morgan fingerprint density at radius 3 is 2.35 bits per heavy atom. The van der Waals surface area contributed by atoms with Gasteiger partial charge >= 0.3 is 6.18 Å².